The van der Waals surface area contributed by atoms with E-state index in [9.17, 15) is 5.11 Å². The Morgan fingerprint density at radius 3 is 2.65 bits per heavy atom. The Morgan fingerprint density at radius 1 is 1.29 bits per heavy atom. The van der Waals surface area contributed by atoms with Gasteiger partial charge in [0.15, 0.2) is 0 Å². The molecule has 2 rings (SSSR count). The maximum Gasteiger partial charge on any atom is 0.136 e. The number of aromatic nitrogens is 2. The molecular formula is C14H20N2O. The van der Waals surface area contributed by atoms with Crippen LogP contribution in [0, 0.1) is 11.8 Å². The normalized spacial score (nSPS) is 15.4. The van der Waals surface area contributed by atoms with Gasteiger partial charge in [-0.15, -0.1) is 0 Å². The van der Waals surface area contributed by atoms with Crippen molar-refractivity contribution in [2.24, 2.45) is 11.8 Å². The first-order valence-corrected chi connectivity index (χ1v) is 6.18. The lowest BCUT2D eigenvalue weighted by Crippen LogP contribution is -2.24. The zero-order valence-electron chi connectivity index (χ0n) is 10.7. The fourth-order valence-electron chi connectivity index (χ4n) is 2.29. The topological polar surface area (TPSA) is 37.5 Å². The van der Waals surface area contributed by atoms with Crippen LogP contribution in [-0.4, -0.2) is 20.6 Å². The first kappa shape index (κ1) is 12.1. The molecule has 0 aliphatic rings. The third kappa shape index (κ3) is 2.67. The summed E-state index contributed by atoms with van der Waals surface area (Å²) in [6.07, 6.45) is 4.59. The van der Waals surface area contributed by atoms with Gasteiger partial charge < -0.3 is 9.51 Å². The van der Waals surface area contributed by atoms with Gasteiger partial charge in [-0.3, -0.25) is 0 Å². The molecule has 17 heavy (non-hydrogen) atoms. The quantitative estimate of drug-likeness (QED) is 0.879. The second-order valence-electron chi connectivity index (χ2n) is 5.05. The van der Waals surface area contributed by atoms with E-state index in [-0.39, 0.29) is 12.0 Å². The van der Waals surface area contributed by atoms with Gasteiger partial charge in [-0.1, -0.05) is 19.9 Å². The summed E-state index contributed by atoms with van der Waals surface area (Å²) in [6, 6.07) is 5.98. The van der Waals surface area contributed by atoms with Crippen LogP contribution in [0.1, 0.15) is 26.5 Å². The molecule has 0 aliphatic heterocycles. The zero-order chi connectivity index (χ0) is 12.4. The number of nitrogens with zero attached hydrogens (tertiary/aromatic N) is 2. The van der Waals surface area contributed by atoms with Crippen LogP contribution in [0.3, 0.4) is 0 Å². The summed E-state index contributed by atoms with van der Waals surface area (Å²) in [5.74, 6) is 0.722. The maximum atomic E-state index is 9.78. The van der Waals surface area contributed by atoms with E-state index in [1.54, 1.807) is 0 Å². The van der Waals surface area contributed by atoms with Crippen LogP contribution in [0.2, 0.25) is 0 Å². The average molecular weight is 232 g/mol. The molecule has 0 aromatic carbocycles. The number of imidazole rings is 1. The molecule has 0 bridgehead atoms. The van der Waals surface area contributed by atoms with Crippen molar-refractivity contribution in [2.45, 2.75) is 33.3 Å². The molecule has 0 spiro atoms. The Labute approximate surface area is 102 Å². The fourth-order valence-corrected chi connectivity index (χ4v) is 2.29. The van der Waals surface area contributed by atoms with Crippen LogP contribution < -0.4 is 0 Å². The SMILES string of the molecule is CC(C)C(Cc1cn2ccccc2n1)C(C)O. The summed E-state index contributed by atoms with van der Waals surface area (Å²) < 4.78 is 2.02. The summed E-state index contributed by atoms with van der Waals surface area (Å²) in [4.78, 5) is 4.57. The lowest BCUT2D eigenvalue weighted by molar-refractivity contribution is 0.0971. The highest BCUT2D eigenvalue weighted by atomic mass is 16.3. The molecule has 2 aromatic rings. The van der Waals surface area contributed by atoms with Gasteiger partial charge in [0, 0.05) is 12.4 Å². The van der Waals surface area contributed by atoms with Crippen molar-refractivity contribution in [3.8, 4) is 0 Å². The Kier molecular flexibility index (Phi) is 3.48. The van der Waals surface area contributed by atoms with Gasteiger partial charge in [-0.05, 0) is 37.3 Å². The number of pyridine rings is 1. The summed E-state index contributed by atoms with van der Waals surface area (Å²) in [6.45, 7) is 6.15. The van der Waals surface area contributed by atoms with Crippen molar-refractivity contribution >= 4 is 5.65 Å². The number of hydrogen-bond acceptors (Lipinski definition) is 2. The van der Waals surface area contributed by atoms with Gasteiger partial charge in [-0.25, -0.2) is 4.98 Å². The molecule has 92 valence electrons. The minimum absolute atomic E-state index is 0.264. The fraction of sp³-hybridized carbons (Fsp3) is 0.500. The Hall–Kier alpha value is -1.35. The third-order valence-electron chi connectivity index (χ3n) is 3.33. The van der Waals surface area contributed by atoms with Crippen molar-refractivity contribution in [3.05, 3.63) is 36.3 Å². The average Bonchev–Trinajstić information content (AvgIpc) is 2.67. The summed E-state index contributed by atoms with van der Waals surface area (Å²) in [5, 5.41) is 9.78. The molecule has 1 N–H and O–H groups in total. The van der Waals surface area contributed by atoms with Crippen LogP contribution in [0.15, 0.2) is 30.6 Å². The first-order valence-electron chi connectivity index (χ1n) is 6.18. The minimum atomic E-state index is -0.292. The molecule has 2 heterocycles. The van der Waals surface area contributed by atoms with E-state index in [0.717, 1.165) is 17.8 Å². The van der Waals surface area contributed by atoms with Crippen molar-refractivity contribution < 1.29 is 5.11 Å². The van der Waals surface area contributed by atoms with Crippen molar-refractivity contribution in [1.82, 2.24) is 9.38 Å². The minimum Gasteiger partial charge on any atom is -0.393 e. The van der Waals surface area contributed by atoms with E-state index in [0.29, 0.717) is 5.92 Å². The van der Waals surface area contributed by atoms with E-state index in [1.807, 2.05) is 41.9 Å². The van der Waals surface area contributed by atoms with Gasteiger partial charge in [0.1, 0.15) is 5.65 Å². The Balaban J connectivity index is 2.22. The van der Waals surface area contributed by atoms with E-state index in [1.165, 1.54) is 0 Å². The number of aliphatic hydroxyl groups is 1. The largest absolute Gasteiger partial charge is 0.393 e. The maximum absolute atomic E-state index is 9.78. The van der Waals surface area contributed by atoms with Gasteiger partial charge >= 0.3 is 0 Å². The van der Waals surface area contributed by atoms with Crippen LogP contribution in [0.25, 0.3) is 5.65 Å². The zero-order valence-corrected chi connectivity index (χ0v) is 10.7. The smallest absolute Gasteiger partial charge is 0.136 e. The molecular weight excluding hydrogens is 212 g/mol. The molecule has 2 unspecified atom stereocenters. The highest BCUT2D eigenvalue weighted by Gasteiger charge is 2.20. The van der Waals surface area contributed by atoms with Crippen LogP contribution in [0.4, 0.5) is 0 Å². The number of rotatable bonds is 4. The third-order valence-corrected chi connectivity index (χ3v) is 3.33. The molecule has 3 heteroatoms. The van der Waals surface area contributed by atoms with Gasteiger partial charge in [0.2, 0.25) is 0 Å². The van der Waals surface area contributed by atoms with E-state index in [2.05, 4.69) is 18.8 Å². The van der Waals surface area contributed by atoms with E-state index < -0.39 is 0 Å². The predicted octanol–water partition coefficient (Wildman–Crippen LogP) is 2.53. The van der Waals surface area contributed by atoms with E-state index in [4.69, 9.17) is 0 Å². The lowest BCUT2D eigenvalue weighted by Gasteiger charge is -2.22. The van der Waals surface area contributed by atoms with Crippen LogP contribution in [0.5, 0.6) is 0 Å². The molecule has 0 aliphatic carbocycles. The molecule has 2 aromatic heterocycles. The van der Waals surface area contributed by atoms with Crippen molar-refractivity contribution in [3.63, 3.8) is 0 Å². The van der Waals surface area contributed by atoms with Crippen LogP contribution in [-0.2, 0) is 6.42 Å². The Morgan fingerprint density at radius 2 is 2.06 bits per heavy atom. The number of fused-ring (bicyclic) bond motifs is 1. The summed E-state index contributed by atoms with van der Waals surface area (Å²) in [5.41, 5.74) is 2.02. The van der Waals surface area contributed by atoms with Crippen LogP contribution >= 0.6 is 0 Å². The summed E-state index contributed by atoms with van der Waals surface area (Å²) >= 11 is 0. The van der Waals surface area contributed by atoms with Crippen molar-refractivity contribution in [1.29, 1.82) is 0 Å². The predicted molar refractivity (Wildman–Crippen MR) is 68.9 cm³/mol. The monoisotopic (exact) mass is 232 g/mol. The number of aliphatic hydroxyl groups excluding tert-OH is 1. The molecule has 0 fully saturated rings. The molecule has 0 amide bonds. The molecule has 3 nitrogen and oxygen atoms in total. The standard InChI is InChI=1S/C14H20N2O/c1-10(2)13(11(3)17)8-12-9-16-7-5-4-6-14(16)15-12/h4-7,9-11,13,17H,8H2,1-3H3. The lowest BCUT2D eigenvalue weighted by atomic mass is 9.87. The second-order valence-corrected chi connectivity index (χ2v) is 5.05. The second kappa shape index (κ2) is 4.88. The molecule has 0 radical (unpaired) electrons. The first-order chi connectivity index (χ1) is 8.08. The van der Waals surface area contributed by atoms with Crippen molar-refractivity contribution in [2.75, 3.05) is 0 Å². The number of hydrogen-bond donors (Lipinski definition) is 1. The van der Waals surface area contributed by atoms with Gasteiger partial charge in [0.05, 0.1) is 11.8 Å². The molecule has 0 saturated carbocycles. The highest BCUT2D eigenvalue weighted by Crippen LogP contribution is 2.20. The summed E-state index contributed by atoms with van der Waals surface area (Å²) in [7, 11) is 0. The van der Waals surface area contributed by atoms with Gasteiger partial charge in [0.25, 0.3) is 0 Å². The highest BCUT2D eigenvalue weighted by molar-refractivity contribution is 5.39. The molecule has 2 atom stereocenters. The van der Waals surface area contributed by atoms with Gasteiger partial charge in [-0.2, -0.15) is 0 Å². The Bertz CT molecular complexity index is 447. The van der Waals surface area contributed by atoms with E-state index >= 15 is 0 Å². The molecule has 0 saturated heterocycles.